The van der Waals surface area contributed by atoms with E-state index in [9.17, 15) is 14.4 Å². The minimum atomic E-state index is -0.632. The van der Waals surface area contributed by atoms with E-state index in [0.717, 1.165) is 32.3 Å². The first kappa shape index (κ1) is 27.5. The van der Waals surface area contributed by atoms with Gasteiger partial charge < -0.3 is 14.2 Å². The Morgan fingerprint density at radius 3 is 2.53 bits per heavy atom. The van der Waals surface area contributed by atoms with Gasteiger partial charge in [-0.05, 0) is 80.4 Å². The lowest BCUT2D eigenvalue weighted by molar-refractivity contribution is -0.149. The van der Waals surface area contributed by atoms with Crippen molar-refractivity contribution in [1.29, 1.82) is 0 Å². The van der Waals surface area contributed by atoms with Crippen LogP contribution in [-0.4, -0.2) is 41.3 Å². The van der Waals surface area contributed by atoms with Crippen molar-refractivity contribution in [2.75, 3.05) is 13.2 Å². The molecule has 36 heavy (non-hydrogen) atoms. The van der Waals surface area contributed by atoms with Crippen LogP contribution in [0, 0.1) is 0 Å². The lowest BCUT2D eigenvalue weighted by Crippen LogP contribution is -2.35. The number of hydrogen-bond donors (Lipinski definition) is 0. The summed E-state index contributed by atoms with van der Waals surface area (Å²) in [6, 6.07) is 11.5. The molecule has 0 aliphatic carbocycles. The van der Waals surface area contributed by atoms with Crippen LogP contribution in [0.2, 0.25) is 0 Å². The van der Waals surface area contributed by atoms with Gasteiger partial charge in [0.2, 0.25) is 0 Å². The van der Waals surface area contributed by atoms with Gasteiger partial charge in [0.05, 0.1) is 17.6 Å². The highest BCUT2D eigenvalue weighted by Crippen LogP contribution is 2.37. The van der Waals surface area contributed by atoms with Gasteiger partial charge in [0, 0.05) is 10.0 Å². The van der Waals surface area contributed by atoms with Gasteiger partial charge in [-0.1, -0.05) is 34.1 Å². The number of rotatable bonds is 11. The van der Waals surface area contributed by atoms with Crippen molar-refractivity contribution in [3.63, 3.8) is 0 Å². The number of hydrogen-bond acceptors (Lipinski definition) is 7. The number of thioether (sulfide) groups is 1. The Morgan fingerprint density at radius 2 is 1.89 bits per heavy atom. The van der Waals surface area contributed by atoms with E-state index >= 15 is 0 Å². The highest BCUT2D eigenvalue weighted by molar-refractivity contribution is 9.10. The first-order valence-electron chi connectivity index (χ1n) is 11.4. The van der Waals surface area contributed by atoms with Crippen molar-refractivity contribution in [3.8, 4) is 11.5 Å². The van der Waals surface area contributed by atoms with E-state index in [1.54, 1.807) is 32.1 Å². The van der Waals surface area contributed by atoms with E-state index in [1.807, 2.05) is 37.3 Å². The molecule has 2 amide bonds. The summed E-state index contributed by atoms with van der Waals surface area (Å²) >= 11 is 4.22. The van der Waals surface area contributed by atoms with Crippen molar-refractivity contribution >= 4 is 50.9 Å². The minimum absolute atomic E-state index is 0.216. The van der Waals surface area contributed by atoms with Crippen LogP contribution in [0.1, 0.15) is 37.5 Å². The van der Waals surface area contributed by atoms with Crippen LogP contribution in [0.15, 0.2) is 58.4 Å². The molecule has 7 nitrogen and oxygen atoms in total. The first-order chi connectivity index (χ1) is 17.2. The van der Waals surface area contributed by atoms with E-state index in [2.05, 4.69) is 22.5 Å². The molecule has 0 bridgehead atoms. The second-order valence-corrected chi connectivity index (χ2v) is 10.1. The van der Waals surface area contributed by atoms with E-state index < -0.39 is 23.7 Å². The summed E-state index contributed by atoms with van der Waals surface area (Å²) in [4.78, 5) is 38.3. The standard InChI is InChI=1S/C27H28BrNO6S/c1-5-7-20-12-19(14-23-26(31)29(27(32)36-23)15-24(30)35-17(3)4)13-22(33-6-2)25(20)34-16-18-8-10-21(28)11-9-18/h5,8-14,17H,1,6-7,15-16H2,2-4H3/b23-14-. The third-order valence-electron chi connectivity index (χ3n) is 4.94. The molecule has 1 aliphatic heterocycles. The summed E-state index contributed by atoms with van der Waals surface area (Å²) in [6.07, 6.45) is 3.56. The molecule has 1 fully saturated rings. The van der Waals surface area contributed by atoms with Crippen LogP contribution < -0.4 is 9.47 Å². The van der Waals surface area contributed by atoms with E-state index in [0.29, 0.717) is 36.7 Å². The Hall–Kier alpha value is -3.04. The SMILES string of the molecule is C=CCc1cc(/C=C2\SC(=O)N(CC(=O)OC(C)C)C2=O)cc(OCC)c1OCc1ccc(Br)cc1. The number of imide groups is 1. The number of benzene rings is 2. The molecule has 9 heteroatoms. The topological polar surface area (TPSA) is 82.1 Å². The van der Waals surface area contributed by atoms with Gasteiger partial charge in [-0.3, -0.25) is 19.3 Å². The lowest BCUT2D eigenvalue weighted by atomic mass is 10.0. The van der Waals surface area contributed by atoms with Gasteiger partial charge >= 0.3 is 5.97 Å². The maximum Gasteiger partial charge on any atom is 0.326 e. The largest absolute Gasteiger partial charge is 0.490 e. The fraction of sp³-hybridized carbons (Fsp3) is 0.296. The number of nitrogens with zero attached hydrogens (tertiary/aromatic N) is 1. The maximum atomic E-state index is 12.8. The molecular weight excluding hydrogens is 546 g/mol. The summed E-state index contributed by atoms with van der Waals surface area (Å²) in [5.74, 6) is -0.0430. The lowest BCUT2D eigenvalue weighted by Gasteiger charge is -2.17. The van der Waals surface area contributed by atoms with Crippen molar-refractivity contribution in [2.45, 2.75) is 39.9 Å². The molecular formula is C27H28BrNO6S. The Labute approximate surface area is 223 Å². The number of carbonyl (C=O) groups excluding carboxylic acids is 3. The fourth-order valence-corrected chi connectivity index (χ4v) is 4.56. The van der Waals surface area contributed by atoms with Gasteiger partial charge in [-0.25, -0.2) is 0 Å². The molecule has 0 unspecified atom stereocenters. The average Bonchev–Trinajstić information content (AvgIpc) is 3.07. The summed E-state index contributed by atoms with van der Waals surface area (Å²) in [5.41, 5.74) is 2.50. The van der Waals surface area contributed by atoms with Crippen molar-refractivity contribution in [3.05, 3.63) is 75.1 Å². The summed E-state index contributed by atoms with van der Waals surface area (Å²) in [6.45, 7) is 9.47. The highest BCUT2D eigenvalue weighted by atomic mass is 79.9. The second-order valence-electron chi connectivity index (χ2n) is 8.15. The zero-order chi connectivity index (χ0) is 26.2. The summed E-state index contributed by atoms with van der Waals surface area (Å²) in [7, 11) is 0. The second kappa shape index (κ2) is 12.8. The highest BCUT2D eigenvalue weighted by Gasteiger charge is 2.37. The number of halogens is 1. The predicted molar refractivity (Wildman–Crippen MR) is 144 cm³/mol. The quantitative estimate of drug-likeness (QED) is 0.181. The zero-order valence-corrected chi connectivity index (χ0v) is 22.8. The molecule has 1 saturated heterocycles. The molecule has 2 aromatic rings. The summed E-state index contributed by atoms with van der Waals surface area (Å²) < 4.78 is 18.1. The monoisotopic (exact) mass is 573 g/mol. The normalized spacial score (nSPS) is 14.5. The number of allylic oxidation sites excluding steroid dienone is 1. The smallest absolute Gasteiger partial charge is 0.326 e. The van der Waals surface area contributed by atoms with Gasteiger partial charge in [0.15, 0.2) is 11.5 Å². The van der Waals surface area contributed by atoms with Crippen LogP contribution in [0.25, 0.3) is 6.08 Å². The van der Waals surface area contributed by atoms with Gasteiger partial charge in [0.1, 0.15) is 13.2 Å². The molecule has 0 radical (unpaired) electrons. The third-order valence-corrected chi connectivity index (χ3v) is 6.38. The molecule has 0 saturated carbocycles. The number of esters is 1. The molecule has 190 valence electrons. The third kappa shape index (κ3) is 7.24. The molecule has 3 rings (SSSR count). The zero-order valence-electron chi connectivity index (χ0n) is 20.4. The Balaban J connectivity index is 1.88. The fourth-order valence-electron chi connectivity index (χ4n) is 3.45. The maximum absolute atomic E-state index is 12.8. The molecule has 0 atom stereocenters. The van der Waals surface area contributed by atoms with Gasteiger partial charge in [-0.2, -0.15) is 0 Å². The molecule has 1 heterocycles. The number of amides is 2. The van der Waals surface area contributed by atoms with Gasteiger partial charge in [0.25, 0.3) is 11.1 Å². The van der Waals surface area contributed by atoms with Crippen LogP contribution in [-0.2, 0) is 27.4 Å². The molecule has 0 aromatic heterocycles. The van der Waals surface area contributed by atoms with Crippen LogP contribution >= 0.6 is 27.7 Å². The Kier molecular flexibility index (Phi) is 9.78. The van der Waals surface area contributed by atoms with Crippen molar-refractivity contribution in [1.82, 2.24) is 4.90 Å². The van der Waals surface area contributed by atoms with Gasteiger partial charge in [-0.15, -0.1) is 6.58 Å². The minimum Gasteiger partial charge on any atom is -0.490 e. The van der Waals surface area contributed by atoms with Crippen molar-refractivity contribution < 1.29 is 28.6 Å². The summed E-state index contributed by atoms with van der Waals surface area (Å²) in [5, 5.41) is -0.516. The van der Waals surface area contributed by atoms with Crippen LogP contribution in [0.4, 0.5) is 4.79 Å². The molecule has 1 aliphatic rings. The average molecular weight is 574 g/mol. The molecule has 0 spiro atoms. The first-order valence-corrected chi connectivity index (χ1v) is 13.1. The molecule has 0 N–H and O–H groups in total. The van der Waals surface area contributed by atoms with Crippen molar-refractivity contribution in [2.24, 2.45) is 0 Å². The van der Waals surface area contributed by atoms with E-state index in [-0.39, 0.29) is 11.0 Å². The molecule has 2 aromatic carbocycles. The van der Waals surface area contributed by atoms with E-state index in [1.165, 1.54) is 0 Å². The Morgan fingerprint density at radius 1 is 1.17 bits per heavy atom. The van der Waals surface area contributed by atoms with Crippen LogP contribution in [0.3, 0.4) is 0 Å². The van der Waals surface area contributed by atoms with Crippen LogP contribution in [0.5, 0.6) is 11.5 Å². The van der Waals surface area contributed by atoms with E-state index in [4.69, 9.17) is 14.2 Å². The number of carbonyl (C=O) groups is 3. The Bertz CT molecular complexity index is 1180. The number of ether oxygens (including phenoxy) is 3. The predicted octanol–water partition coefficient (Wildman–Crippen LogP) is 6.14.